The molecule has 2 aromatic heterocycles. The zero-order valence-electron chi connectivity index (χ0n) is 12.9. The van der Waals surface area contributed by atoms with Crippen LogP contribution in [0.1, 0.15) is 17.4 Å². The molecule has 0 atom stereocenters. The quantitative estimate of drug-likeness (QED) is 0.796. The number of nitrogens with zero attached hydrogens (tertiary/aromatic N) is 6. The number of rotatable bonds is 5. The molecule has 0 aliphatic carbocycles. The van der Waals surface area contributed by atoms with Crippen LogP contribution in [0.25, 0.3) is 0 Å². The van der Waals surface area contributed by atoms with Gasteiger partial charge in [0, 0.05) is 45.2 Å². The molecule has 0 spiro atoms. The highest BCUT2D eigenvalue weighted by atomic mass is 16.5. The molecule has 1 aliphatic heterocycles. The lowest BCUT2D eigenvalue weighted by atomic mass is 10.3. The summed E-state index contributed by atoms with van der Waals surface area (Å²) in [6.45, 7) is 6.64. The van der Waals surface area contributed by atoms with E-state index in [1.54, 1.807) is 13.3 Å². The SMILES string of the molecule is COCc1noc(CN2CCN(c3nccc(C)n3)CC2)n1. The molecule has 1 aliphatic rings. The maximum absolute atomic E-state index is 5.23. The Bertz CT molecular complexity index is 609. The first-order chi connectivity index (χ1) is 10.7. The van der Waals surface area contributed by atoms with Crippen LogP contribution in [0.3, 0.4) is 0 Å². The third-order valence-electron chi connectivity index (χ3n) is 3.58. The van der Waals surface area contributed by atoms with E-state index in [-0.39, 0.29) is 0 Å². The number of piperazine rings is 1. The van der Waals surface area contributed by atoms with E-state index in [1.165, 1.54) is 0 Å². The first-order valence-corrected chi connectivity index (χ1v) is 7.32. The molecule has 0 N–H and O–H groups in total. The largest absolute Gasteiger partial charge is 0.377 e. The Balaban J connectivity index is 1.53. The number of anilines is 1. The molecule has 8 heteroatoms. The van der Waals surface area contributed by atoms with Crippen LogP contribution in [0.15, 0.2) is 16.8 Å². The molecular formula is C14H20N6O2. The number of hydrogen-bond donors (Lipinski definition) is 0. The molecule has 0 radical (unpaired) electrons. The Morgan fingerprint density at radius 2 is 2.05 bits per heavy atom. The molecule has 0 aromatic carbocycles. The molecule has 0 bridgehead atoms. The molecule has 3 rings (SSSR count). The molecule has 0 unspecified atom stereocenters. The first-order valence-electron chi connectivity index (χ1n) is 7.32. The maximum atomic E-state index is 5.23. The van der Waals surface area contributed by atoms with Crippen molar-refractivity contribution in [3.8, 4) is 0 Å². The van der Waals surface area contributed by atoms with Crippen molar-refractivity contribution in [2.45, 2.75) is 20.1 Å². The van der Waals surface area contributed by atoms with Crippen LogP contribution in [0.4, 0.5) is 5.95 Å². The predicted molar refractivity (Wildman–Crippen MR) is 79.3 cm³/mol. The Kier molecular flexibility index (Phi) is 4.59. The van der Waals surface area contributed by atoms with Gasteiger partial charge in [0.25, 0.3) is 0 Å². The topological polar surface area (TPSA) is 80.4 Å². The summed E-state index contributed by atoms with van der Waals surface area (Å²) in [6, 6.07) is 1.91. The molecule has 8 nitrogen and oxygen atoms in total. The fraction of sp³-hybridized carbons (Fsp3) is 0.571. The number of aryl methyl sites for hydroxylation is 1. The Morgan fingerprint density at radius 1 is 1.23 bits per heavy atom. The standard InChI is InChI=1S/C14H20N6O2/c1-11-3-4-15-14(16-11)20-7-5-19(6-8-20)9-13-17-12(10-21-2)18-22-13/h3-4H,5-10H2,1-2H3. The van der Waals surface area contributed by atoms with Gasteiger partial charge in [-0.25, -0.2) is 9.97 Å². The monoisotopic (exact) mass is 304 g/mol. The minimum Gasteiger partial charge on any atom is -0.377 e. The van der Waals surface area contributed by atoms with E-state index in [2.05, 4.69) is 29.9 Å². The summed E-state index contributed by atoms with van der Waals surface area (Å²) < 4.78 is 10.2. The smallest absolute Gasteiger partial charge is 0.240 e. The van der Waals surface area contributed by atoms with Crippen molar-refractivity contribution in [3.05, 3.63) is 29.7 Å². The van der Waals surface area contributed by atoms with Crippen LogP contribution >= 0.6 is 0 Å². The minimum atomic E-state index is 0.377. The summed E-state index contributed by atoms with van der Waals surface area (Å²) in [5, 5.41) is 3.88. The second-order valence-corrected chi connectivity index (χ2v) is 5.30. The van der Waals surface area contributed by atoms with E-state index in [0.29, 0.717) is 24.9 Å². The van der Waals surface area contributed by atoms with Crippen LogP contribution < -0.4 is 4.90 Å². The van der Waals surface area contributed by atoms with Gasteiger partial charge in [-0.2, -0.15) is 4.98 Å². The fourth-order valence-corrected chi connectivity index (χ4v) is 2.43. The van der Waals surface area contributed by atoms with Crippen LogP contribution in [0, 0.1) is 6.92 Å². The maximum Gasteiger partial charge on any atom is 0.240 e. The van der Waals surface area contributed by atoms with Gasteiger partial charge in [0.05, 0.1) is 6.54 Å². The van der Waals surface area contributed by atoms with Crippen LogP contribution in [0.2, 0.25) is 0 Å². The lowest BCUT2D eigenvalue weighted by Crippen LogP contribution is -2.46. The van der Waals surface area contributed by atoms with Gasteiger partial charge < -0.3 is 14.2 Å². The van der Waals surface area contributed by atoms with E-state index in [1.807, 2.05) is 13.0 Å². The van der Waals surface area contributed by atoms with Crippen LogP contribution in [-0.4, -0.2) is 58.3 Å². The van der Waals surface area contributed by atoms with E-state index < -0.39 is 0 Å². The van der Waals surface area contributed by atoms with Crippen molar-refractivity contribution in [2.75, 3.05) is 38.2 Å². The number of methoxy groups -OCH3 is 1. The van der Waals surface area contributed by atoms with Gasteiger partial charge in [-0.15, -0.1) is 0 Å². The van der Waals surface area contributed by atoms with Gasteiger partial charge >= 0.3 is 0 Å². The lowest BCUT2D eigenvalue weighted by molar-refractivity contribution is 0.174. The van der Waals surface area contributed by atoms with Crippen molar-refractivity contribution in [1.29, 1.82) is 0 Å². The molecule has 3 heterocycles. The van der Waals surface area contributed by atoms with Gasteiger partial charge in [0.2, 0.25) is 11.8 Å². The average molecular weight is 304 g/mol. The molecule has 22 heavy (non-hydrogen) atoms. The van der Waals surface area contributed by atoms with Crippen molar-refractivity contribution in [2.24, 2.45) is 0 Å². The molecule has 0 saturated carbocycles. The summed E-state index contributed by atoms with van der Waals surface area (Å²) in [5.74, 6) is 2.02. The first kappa shape index (κ1) is 14.9. The normalized spacial score (nSPS) is 16.2. The second kappa shape index (κ2) is 6.80. The number of aromatic nitrogens is 4. The van der Waals surface area contributed by atoms with Crippen LogP contribution in [0.5, 0.6) is 0 Å². The second-order valence-electron chi connectivity index (χ2n) is 5.30. The minimum absolute atomic E-state index is 0.377. The summed E-state index contributed by atoms with van der Waals surface area (Å²) >= 11 is 0. The summed E-state index contributed by atoms with van der Waals surface area (Å²) in [5.41, 5.74) is 0.990. The molecular weight excluding hydrogens is 284 g/mol. The average Bonchev–Trinajstić information content (AvgIpc) is 2.96. The van der Waals surface area contributed by atoms with Gasteiger partial charge in [0.1, 0.15) is 6.61 Å². The van der Waals surface area contributed by atoms with E-state index in [0.717, 1.165) is 37.8 Å². The molecule has 0 amide bonds. The van der Waals surface area contributed by atoms with Gasteiger partial charge in [-0.1, -0.05) is 5.16 Å². The van der Waals surface area contributed by atoms with Crippen LogP contribution in [-0.2, 0) is 17.9 Å². The third kappa shape index (κ3) is 3.58. The highest BCUT2D eigenvalue weighted by Crippen LogP contribution is 2.12. The number of ether oxygens (including phenoxy) is 1. The molecule has 1 fully saturated rings. The molecule has 118 valence electrons. The number of hydrogen-bond acceptors (Lipinski definition) is 8. The highest BCUT2D eigenvalue weighted by Gasteiger charge is 2.20. The zero-order chi connectivity index (χ0) is 15.4. The van der Waals surface area contributed by atoms with E-state index in [9.17, 15) is 0 Å². The summed E-state index contributed by atoms with van der Waals surface area (Å²) in [6.07, 6.45) is 1.81. The highest BCUT2D eigenvalue weighted by molar-refractivity contribution is 5.30. The zero-order valence-corrected chi connectivity index (χ0v) is 12.9. The fourth-order valence-electron chi connectivity index (χ4n) is 2.43. The van der Waals surface area contributed by atoms with Gasteiger partial charge in [-0.3, -0.25) is 4.90 Å². The van der Waals surface area contributed by atoms with E-state index >= 15 is 0 Å². The van der Waals surface area contributed by atoms with Gasteiger partial charge in [-0.05, 0) is 13.0 Å². The van der Waals surface area contributed by atoms with Crippen molar-refractivity contribution in [1.82, 2.24) is 25.0 Å². The van der Waals surface area contributed by atoms with Crippen molar-refractivity contribution >= 4 is 5.95 Å². The summed E-state index contributed by atoms with van der Waals surface area (Å²) in [4.78, 5) is 17.6. The summed E-state index contributed by atoms with van der Waals surface area (Å²) in [7, 11) is 1.61. The molecule has 2 aromatic rings. The Hall–Kier alpha value is -2.06. The third-order valence-corrected chi connectivity index (χ3v) is 3.58. The molecule has 1 saturated heterocycles. The van der Waals surface area contributed by atoms with Crippen molar-refractivity contribution in [3.63, 3.8) is 0 Å². The lowest BCUT2D eigenvalue weighted by Gasteiger charge is -2.33. The Labute approximate surface area is 129 Å². The predicted octanol–water partition coefficient (Wildman–Crippen LogP) is 0.637. The van der Waals surface area contributed by atoms with Crippen molar-refractivity contribution < 1.29 is 9.26 Å². The van der Waals surface area contributed by atoms with E-state index in [4.69, 9.17) is 9.26 Å². The van der Waals surface area contributed by atoms with Gasteiger partial charge in [0.15, 0.2) is 5.82 Å². The Morgan fingerprint density at radius 3 is 2.77 bits per heavy atom.